The molecule has 1 aromatic carbocycles. The first-order valence-electron chi connectivity index (χ1n) is 7.32. The Labute approximate surface area is 124 Å². The van der Waals surface area contributed by atoms with Gasteiger partial charge in [0.15, 0.2) is 0 Å². The number of hydrogen-bond acceptors (Lipinski definition) is 2. The molecule has 2 unspecified atom stereocenters. The Balaban J connectivity index is 1.77. The zero-order valence-electron chi connectivity index (χ0n) is 12.5. The summed E-state index contributed by atoms with van der Waals surface area (Å²) in [6, 6.07) is 6.46. The summed E-state index contributed by atoms with van der Waals surface area (Å²) >= 11 is 0. The zero-order chi connectivity index (χ0) is 15.5. The molecule has 0 aliphatic heterocycles. The van der Waals surface area contributed by atoms with E-state index in [1.54, 1.807) is 12.1 Å². The molecular weight excluding hydrogens is 271 g/mol. The van der Waals surface area contributed by atoms with Crippen LogP contribution in [-0.2, 0) is 0 Å². The number of benzene rings is 1. The lowest BCUT2D eigenvalue weighted by molar-refractivity contribution is 0.201. The van der Waals surface area contributed by atoms with Crippen LogP contribution in [0.15, 0.2) is 24.3 Å². The maximum atomic E-state index is 13.6. The number of amides is 2. The summed E-state index contributed by atoms with van der Waals surface area (Å²) in [7, 11) is 0. The van der Waals surface area contributed by atoms with E-state index in [-0.39, 0.29) is 35.8 Å². The molecule has 4 nitrogen and oxygen atoms in total. The van der Waals surface area contributed by atoms with E-state index in [2.05, 4.69) is 10.6 Å². The SMILES string of the molecule is CC(C)(CCO)CNC(=O)NC1CC1c1ccccc1F. The molecule has 0 aromatic heterocycles. The van der Waals surface area contributed by atoms with E-state index in [0.717, 1.165) is 6.42 Å². The minimum absolute atomic E-state index is 0.00264. The minimum atomic E-state index is -0.232. The second kappa shape index (κ2) is 6.43. The van der Waals surface area contributed by atoms with Gasteiger partial charge in [-0.1, -0.05) is 32.0 Å². The first kappa shape index (κ1) is 15.8. The normalized spacial score (nSPS) is 21.0. The van der Waals surface area contributed by atoms with Gasteiger partial charge in [0.1, 0.15) is 5.82 Å². The molecular formula is C16H23FN2O2. The van der Waals surface area contributed by atoms with Crippen LogP contribution in [0.3, 0.4) is 0 Å². The minimum Gasteiger partial charge on any atom is -0.396 e. The van der Waals surface area contributed by atoms with Gasteiger partial charge in [-0.3, -0.25) is 0 Å². The van der Waals surface area contributed by atoms with Crippen molar-refractivity contribution in [1.29, 1.82) is 0 Å². The maximum Gasteiger partial charge on any atom is 0.315 e. The highest BCUT2D eigenvalue weighted by atomic mass is 19.1. The number of urea groups is 1. The highest BCUT2D eigenvalue weighted by Crippen LogP contribution is 2.41. The molecule has 1 aliphatic rings. The van der Waals surface area contributed by atoms with Gasteiger partial charge in [0.2, 0.25) is 0 Å². The van der Waals surface area contributed by atoms with E-state index in [4.69, 9.17) is 5.11 Å². The van der Waals surface area contributed by atoms with Crippen LogP contribution in [0.1, 0.15) is 38.2 Å². The largest absolute Gasteiger partial charge is 0.396 e. The Morgan fingerprint density at radius 1 is 1.43 bits per heavy atom. The molecule has 3 N–H and O–H groups in total. The summed E-state index contributed by atoms with van der Waals surface area (Å²) in [5.41, 5.74) is 0.532. The molecule has 0 spiro atoms. The Kier molecular flexibility index (Phi) is 4.83. The number of aliphatic hydroxyl groups is 1. The van der Waals surface area contributed by atoms with Crippen LogP contribution >= 0.6 is 0 Å². The van der Waals surface area contributed by atoms with Crippen LogP contribution in [0.4, 0.5) is 9.18 Å². The van der Waals surface area contributed by atoms with Gasteiger partial charge in [0.05, 0.1) is 0 Å². The Hall–Kier alpha value is -1.62. The van der Waals surface area contributed by atoms with Gasteiger partial charge in [-0.05, 0) is 29.9 Å². The van der Waals surface area contributed by atoms with Crippen molar-refractivity contribution in [3.8, 4) is 0 Å². The van der Waals surface area contributed by atoms with Gasteiger partial charge in [-0.25, -0.2) is 9.18 Å². The molecule has 1 aromatic rings. The lowest BCUT2D eigenvalue weighted by Crippen LogP contribution is -2.42. The molecule has 1 fully saturated rings. The fourth-order valence-electron chi connectivity index (χ4n) is 2.40. The van der Waals surface area contributed by atoms with Crippen molar-refractivity contribution in [3.63, 3.8) is 0 Å². The van der Waals surface area contributed by atoms with Gasteiger partial charge in [0, 0.05) is 25.1 Å². The highest BCUT2D eigenvalue weighted by Gasteiger charge is 2.41. The van der Waals surface area contributed by atoms with Gasteiger partial charge < -0.3 is 15.7 Å². The number of rotatable bonds is 6. The Bertz CT molecular complexity index is 505. The number of halogens is 1. The fourth-order valence-corrected chi connectivity index (χ4v) is 2.40. The van der Waals surface area contributed by atoms with Crippen LogP contribution in [0.5, 0.6) is 0 Å². The average molecular weight is 294 g/mol. The number of nitrogens with one attached hydrogen (secondary N) is 2. The van der Waals surface area contributed by atoms with Crippen molar-refractivity contribution in [1.82, 2.24) is 10.6 Å². The highest BCUT2D eigenvalue weighted by molar-refractivity contribution is 5.75. The molecule has 1 aliphatic carbocycles. The fraction of sp³-hybridized carbons (Fsp3) is 0.562. The molecule has 21 heavy (non-hydrogen) atoms. The van der Waals surface area contributed by atoms with Crippen LogP contribution in [-0.4, -0.2) is 30.3 Å². The van der Waals surface area contributed by atoms with Crippen molar-refractivity contribution in [2.45, 2.75) is 38.6 Å². The van der Waals surface area contributed by atoms with E-state index in [9.17, 15) is 9.18 Å². The van der Waals surface area contributed by atoms with Crippen LogP contribution < -0.4 is 10.6 Å². The third-order valence-electron chi connectivity index (χ3n) is 3.93. The number of carbonyl (C=O) groups excluding carboxylic acids is 1. The van der Waals surface area contributed by atoms with Crippen molar-refractivity contribution < 1.29 is 14.3 Å². The van der Waals surface area contributed by atoms with Crippen LogP contribution in [0.2, 0.25) is 0 Å². The number of carbonyl (C=O) groups is 1. The summed E-state index contributed by atoms with van der Waals surface area (Å²) in [5.74, 6) is -0.140. The summed E-state index contributed by atoms with van der Waals surface area (Å²) in [5, 5.41) is 14.6. The molecule has 116 valence electrons. The molecule has 0 heterocycles. The number of aliphatic hydroxyl groups excluding tert-OH is 1. The predicted molar refractivity (Wildman–Crippen MR) is 79.6 cm³/mol. The van der Waals surface area contributed by atoms with E-state index in [1.807, 2.05) is 19.9 Å². The van der Waals surface area contributed by atoms with E-state index in [1.165, 1.54) is 6.07 Å². The molecule has 1 saturated carbocycles. The van der Waals surface area contributed by atoms with Crippen molar-refractivity contribution in [2.24, 2.45) is 5.41 Å². The van der Waals surface area contributed by atoms with E-state index in [0.29, 0.717) is 18.5 Å². The van der Waals surface area contributed by atoms with Crippen molar-refractivity contribution in [2.75, 3.05) is 13.2 Å². The lowest BCUT2D eigenvalue weighted by Gasteiger charge is -2.23. The summed E-state index contributed by atoms with van der Waals surface area (Å²) in [4.78, 5) is 11.8. The second-order valence-electron chi connectivity index (χ2n) is 6.44. The van der Waals surface area contributed by atoms with Crippen molar-refractivity contribution >= 4 is 6.03 Å². The average Bonchev–Trinajstić information content (AvgIpc) is 3.16. The predicted octanol–water partition coefficient (Wildman–Crippen LogP) is 2.39. The molecule has 2 amide bonds. The van der Waals surface area contributed by atoms with E-state index < -0.39 is 0 Å². The first-order chi connectivity index (χ1) is 9.93. The van der Waals surface area contributed by atoms with Gasteiger partial charge in [-0.2, -0.15) is 0 Å². The first-order valence-corrected chi connectivity index (χ1v) is 7.32. The summed E-state index contributed by atoms with van der Waals surface area (Å²) in [6.07, 6.45) is 1.41. The lowest BCUT2D eigenvalue weighted by atomic mass is 9.90. The topological polar surface area (TPSA) is 61.4 Å². The van der Waals surface area contributed by atoms with Gasteiger partial charge in [-0.15, -0.1) is 0 Å². The standard InChI is InChI=1S/C16H23FN2O2/c1-16(2,7-8-20)10-18-15(21)19-14-9-12(14)11-5-3-4-6-13(11)17/h3-6,12,14,20H,7-10H2,1-2H3,(H2,18,19,21). The Morgan fingerprint density at radius 3 is 2.81 bits per heavy atom. The molecule has 0 bridgehead atoms. The van der Waals surface area contributed by atoms with Crippen LogP contribution in [0.25, 0.3) is 0 Å². The molecule has 2 atom stereocenters. The smallest absolute Gasteiger partial charge is 0.315 e. The zero-order valence-corrected chi connectivity index (χ0v) is 12.5. The summed E-state index contributed by atoms with van der Waals surface area (Å²) < 4.78 is 13.6. The number of hydrogen-bond donors (Lipinski definition) is 3. The second-order valence-corrected chi connectivity index (χ2v) is 6.44. The molecule has 2 rings (SSSR count). The maximum absolute atomic E-state index is 13.6. The Morgan fingerprint density at radius 2 is 2.14 bits per heavy atom. The van der Waals surface area contributed by atoms with Gasteiger partial charge >= 0.3 is 6.03 Å². The molecule has 0 radical (unpaired) electrons. The summed E-state index contributed by atoms with van der Waals surface area (Å²) in [6.45, 7) is 4.58. The molecule has 0 saturated heterocycles. The van der Waals surface area contributed by atoms with Crippen molar-refractivity contribution in [3.05, 3.63) is 35.6 Å². The third kappa shape index (κ3) is 4.43. The third-order valence-corrected chi connectivity index (χ3v) is 3.93. The molecule has 5 heteroatoms. The van der Waals surface area contributed by atoms with E-state index >= 15 is 0 Å². The van der Waals surface area contributed by atoms with Gasteiger partial charge in [0.25, 0.3) is 0 Å². The monoisotopic (exact) mass is 294 g/mol. The quantitative estimate of drug-likeness (QED) is 0.754. The van der Waals surface area contributed by atoms with Crippen LogP contribution in [0, 0.1) is 11.2 Å².